The summed E-state index contributed by atoms with van der Waals surface area (Å²) in [7, 11) is 1.51. The first-order valence-corrected chi connectivity index (χ1v) is 7.23. The van der Waals surface area contributed by atoms with Gasteiger partial charge in [0.2, 0.25) is 0 Å². The van der Waals surface area contributed by atoms with Crippen LogP contribution in [0.3, 0.4) is 0 Å². The molecule has 0 aliphatic carbocycles. The number of ether oxygens (including phenoxy) is 2. The van der Waals surface area contributed by atoms with Gasteiger partial charge in [-0.05, 0) is 35.9 Å². The summed E-state index contributed by atoms with van der Waals surface area (Å²) < 4.78 is 10.7. The van der Waals surface area contributed by atoms with E-state index in [-0.39, 0.29) is 6.42 Å². The largest absolute Gasteiger partial charge is 0.496 e. The molecule has 0 amide bonds. The van der Waals surface area contributed by atoms with E-state index in [9.17, 15) is 9.90 Å². The molecule has 0 saturated heterocycles. The van der Waals surface area contributed by atoms with Crippen molar-refractivity contribution in [2.75, 3.05) is 7.11 Å². The molecular formula is C16H14Cl2O4. The predicted octanol–water partition coefficient (Wildman–Crippen LogP) is 4.08. The van der Waals surface area contributed by atoms with Gasteiger partial charge >= 0.3 is 5.97 Å². The highest BCUT2D eigenvalue weighted by Gasteiger charge is 2.23. The molecule has 0 aliphatic heterocycles. The molecule has 0 spiro atoms. The summed E-state index contributed by atoms with van der Waals surface area (Å²) in [6.07, 6.45) is -1.00. The van der Waals surface area contributed by atoms with Crippen molar-refractivity contribution in [2.45, 2.75) is 12.5 Å². The Morgan fingerprint density at radius 1 is 1.18 bits per heavy atom. The Kier molecular flexibility index (Phi) is 5.52. The lowest BCUT2D eigenvalue weighted by atomic mass is 10.1. The number of hydrogen-bond donors (Lipinski definition) is 1. The van der Waals surface area contributed by atoms with E-state index >= 15 is 0 Å². The quantitative estimate of drug-likeness (QED) is 0.860. The van der Waals surface area contributed by atoms with Crippen molar-refractivity contribution in [3.8, 4) is 11.5 Å². The Morgan fingerprint density at radius 2 is 1.91 bits per heavy atom. The molecule has 0 fully saturated rings. The lowest BCUT2D eigenvalue weighted by molar-refractivity contribution is -0.145. The van der Waals surface area contributed by atoms with Gasteiger partial charge in [0.05, 0.1) is 12.1 Å². The lowest BCUT2D eigenvalue weighted by Gasteiger charge is -2.17. The van der Waals surface area contributed by atoms with E-state index in [1.165, 1.54) is 7.11 Å². The summed E-state index contributed by atoms with van der Waals surface area (Å²) in [5.74, 6) is -0.224. The van der Waals surface area contributed by atoms with E-state index in [4.69, 9.17) is 32.7 Å². The highest BCUT2D eigenvalue weighted by atomic mass is 35.5. The summed E-state index contributed by atoms with van der Waals surface area (Å²) in [6.45, 7) is 0. The first-order valence-electron chi connectivity index (χ1n) is 6.47. The molecule has 2 rings (SSSR count). The van der Waals surface area contributed by atoms with Crippen LogP contribution in [-0.4, -0.2) is 24.3 Å². The fraction of sp³-hybridized carbons (Fsp3) is 0.188. The van der Waals surface area contributed by atoms with Gasteiger partial charge < -0.3 is 14.6 Å². The zero-order chi connectivity index (χ0) is 16.1. The van der Waals surface area contributed by atoms with E-state index in [1.54, 1.807) is 42.5 Å². The fourth-order valence-corrected chi connectivity index (χ4v) is 2.35. The number of rotatable bonds is 6. The summed E-state index contributed by atoms with van der Waals surface area (Å²) in [6, 6.07) is 11.7. The molecule has 2 aromatic carbocycles. The number of carboxylic acid groups (broad SMARTS) is 1. The Morgan fingerprint density at radius 3 is 2.55 bits per heavy atom. The molecule has 0 bridgehead atoms. The molecule has 4 nitrogen and oxygen atoms in total. The minimum atomic E-state index is -1.10. The van der Waals surface area contributed by atoms with E-state index in [2.05, 4.69) is 0 Å². The molecule has 0 saturated carbocycles. The standard InChI is InChI=1S/C16H14Cl2O4/c1-21-13-7-6-11(17)8-10(13)9-15(16(19)20)22-14-5-3-2-4-12(14)18/h2-8,15H,9H2,1H3,(H,19,20)/t15-/m1/s1. The van der Waals surface area contributed by atoms with Crippen LogP contribution in [0.15, 0.2) is 42.5 Å². The van der Waals surface area contributed by atoms with Crippen LogP contribution < -0.4 is 9.47 Å². The van der Waals surface area contributed by atoms with E-state index < -0.39 is 12.1 Å². The molecule has 0 aromatic heterocycles. The van der Waals surface area contributed by atoms with Gasteiger partial charge in [-0.1, -0.05) is 35.3 Å². The Labute approximate surface area is 138 Å². The average Bonchev–Trinajstić information content (AvgIpc) is 2.49. The summed E-state index contributed by atoms with van der Waals surface area (Å²) in [5.41, 5.74) is 0.648. The van der Waals surface area contributed by atoms with Gasteiger partial charge in [0, 0.05) is 11.4 Å². The van der Waals surface area contributed by atoms with Crippen molar-refractivity contribution in [1.82, 2.24) is 0 Å². The van der Waals surface area contributed by atoms with Gasteiger partial charge in [-0.15, -0.1) is 0 Å². The van der Waals surface area contributed by atoms with Gasteiger partial charge in [0.15, 0.2) is 6.10 Å². The van der Waals surface area contributed by atoms with Crippen molar-refractivity contribution in [3.63, 3.8) is 0 Å². The van der Waals surface area contributed by atoms with Crippen LogP contribution in [0.1, 0.15) is 5.56 Å². The second kappa shape index (κ2) is 7.38. The van der Waals surface area contributed by atoms with Crippen LogP contribution in [0.2, 0.25) is 10.0 Å². The molecule has 116 valence electrons. The molecular weight excluding hydrogens is 327 g/mol. The third-order valence-corrected chi connectivity index (χ3v) is 3.58. The average molecular weight is 341 g/mol. The van der Waals surface area contributed by atoms with Gasteiger partial charge in [-0.2, -0.15) is 0 Å². The van der Waals surface area contributed by atoms with Gasteiger partial charge in [-0.3, -0.25) is 0 Å². The number of hydrogen-bond acceptors (Lipinski definition) is 3. The highest BCUT2D eigenvalue weighted by Crippen LogP contribution is 2.28. The summed E-state index contributed by atoms with van der Waals surface area (Å²) >= 11 is 12.0. The predicted molar refractivity (Wildman–Crippen MR) is 85.2 cm³/mol. The maximum Gasteiger partial charge on any atom is 0.345 e. The van der Waals surface area contributed by atoms with Crippen LogP contribution in [0, 0.1) is 0 Å². The molecule has 22 heavy (non-hydrogen) atoms. The first kappa shape index (κ1) is 16.5. The summed E-state index contributed by atoms with van der Waals surface area (Å²) in [4.78, 5) is 11.5. The highest BCUT2D eigenvalue weighted by molar-refractivity contribution is 6.32. The Balaban J connectivity index is 2.25. The van der Waals surface area contributed by atoms with Gasteiger partial charge in [0.25, 0.3) is 0 Å². The minimum absolute atomic E-state index is 0.101. The number of carbonyl (C=O) groups is 1. The first-order chi connectivity index (χ1) is 10.5. The lowest BCUT2D eigenvalue weighted by Crippen LogP contribution is -2.29. The van der Waals surface area contributed by atoms with Gasteiger partial charge in [-0.25, -0.2) is 4.79 Å². The topological polar surface area (TPSA) is 55.8 Å². The van der Waals surface area contributed by atoms with Crippen LogP contribution in [-0.2, 0) is 11.2 Å². The smallest absolute Gasteiger partial charge is 0.345 e. The number of aliphatic carboxylic acids is 1. The Bertz CT molecular complexity index is 673. The number of para-hydroxylation sites is 1. The number of methoxy groups -OCH3 is 1. The van der Waals surface area contributed by atoms with Crippen LogP contribution >= 0.6 is 23.2 Å². The van der Waals surface area contributed by atoms with Crippen molar-refractivity contribution in [1.29, 1.82) is 0 Å². The SMILES string of the molecule is COc1ccc(Cl)cc1C[C@@H](Oc1ccccc1Cl)C(=O)O. The normalized spacial score (nSPS) is 11.8. The second-order valence-corrected chi connectivity index (χ2v) is 5.38. The second-order valence-electron chi connectivity index (χ2n) is 4.54. The zero-order valence-electron chi connectivity index (χ0n) is 11.8. The molecule has 0 radical (unpaired) electrons. The van der Waals surface area contributed by atoms with Crippen LogP contribution in [0.4, 0.5) is 0 Å². The molecule has 0 unspecified atom stereocenters. The van der Waals surface area contributed by atoms with E-state index in [0.29, 0.717) is 27.1 Å². The molecule has 0 aliphatic rings. The molecule has 1 atom stereocenters. The van der Waals surface area contributed by atoms with Crippen molar-refractivity contribution in [3.05, 3.63) is 58.1 Å². The monoisotopic (exact) mass is 340 g/mol. The maximum atomic E-state index is 11.5. The zero-order valence-corrected chi connectivity index (χ0v) is 13.3. The number of carboxylic acids is 1. The third kappa shape index (κ3) is 4.06. The van der Waals surface area contributed by atoms with Crippen molar-refractivity contribution < 1.29 is 19.4 Å². The summed E-state index contributed by atoms with van der Waals surface area (Å²) in [5, 5.41) is 10.2. The van der Waals surface area contributed by atoms with Crippen LogP contribution in [0.5, 0.6) is 11.5 Å². The Hall–Kier alpha value is -1.91. The van der Waals surface area contributed by atoms with Crippen LogP contribution in [0.25, 0.3) is 0 Å². The van der Waals surface area contributed by atoms with Crippen molar-refractivity contribution in [2.24, 2.45) is 0 Å². The maximum absolute atomic E-state index is 11.5. The van der Waals surface area contributed by atoms with Gasteiger partial charge in [0.1, 0.15) is 11.5 Å². The fourth-order valence-electron chi connectivity index (χ4n) is 1.98. The molecule has 0 heterocycles. The third-order valence-electron chi connectivity index (χ3n) is 3.03. The molecule has 1 N–H and O–H groups in total. The minimum Gasteiger partial charge on any atom is -0.496 e. The number of benzene rings is 2. The van der Waals surface area contributed by atoms with E-state index in [1.807, 2.05) is 0 Å². The molecule has 6 heteroatoms. The molecule has 2 aromatic rings. The number of halogens is 2. The van der Waals surface area contributed by atoms with Crippen molar-refractivity contribution >= 4 is 29.2 Å². The van der Waals surface area contributed by atoms with E-state index in [0.717, 1.165) is 0 Å².